The van der Waals surface area contributed by atoms with Gasteiger partial charge in [-0.2, -0.15) is 0 Å². The van der Waals surface area contributed by atoms with E-state index in [4.69, 9.17) is 28.4 Å². The number of halogens is 15. The summed E-state index contributed by atoms with van der Waals surface area (Å²) in [4.78, 5) is 1.17. The molecule has 0 N–H and O–H groups in total. The molecule has 0 radical (unpaired) electrons. The van der Waals surface area contributed by atoms with Crippen LogP contribution in [-0.4, -0.2) is 109 Å². The summed E-state index contributed by atoms with van der Waals surface area (Å²) in [6.45, 7) is 20.5. The van der Waals surface area contributed by atoms with Crippen molar-refractivity contribution in [1.82, 2.24) is 0 Å². The van der Waals surface area contributed by atoms with Crippen LogP contribution < -0.4 is 72.7 Å². The van der Waals surface area contributed by atoms with Gasteiger partial charge in [0.2, 0.25) is 6.34 Å². The van der Waals surface area contributed by atoms with Gasteiger partial charge in [-0.3, -0.25) is 0 Å². The van der Waals surface area contributed by atoms with Gasteiger partial charge in [0.05, 0.1) is 85.3 Å². The van der Waals surface area contributed by atoms with Crippen molar-refractivity contribution in [3.63, 3.8) is 0 Å². The van der Waals surface area contributed by atoms with Crippen LogP contribution in [-0.2, 0) is 28.4 Å². The molecule has 8 nitrogen and oxygen atoms in total. The number of ether oxygens (including phenoxy) is 6. The second-order valence-electron chi connectivity index (χ2n) is 20.8. The molecule has 5 aromatic rings. The van der Waals surface area contributed by atoms with E-state index in [-0.39, 0.29) is 68.9 Å². The van der Waals surface area contributed by atoms with E-state index in [0.717, 1.165) is 0 Å². The van der Waals surface area contributed by atoms with Crippen molar-refractivity contribution in [2.75, 3.05) is 90.7 Å². The van der Waals surface area contributed by atoms with E-state index in [2.05, 4.69) is 6.34 Å². The fourth-order valence-electron chi connectivity index (χ4n) is 10.4. The Morgan fingerprint density at radius 2 is 0.627 bits per heavy atom. The topological polar surface area (TPSA) is 61.6 Å². The van der Waals surface area contributed by atoms with E-state index in [1.807, 2.05) is 27.7 Å². The number of para-hydroxylation sites is 2. The van der Waals surface area contributed by atoms with Crippen molar-refractivity contribution in [2.45, 2.75) is 91.4 Å². The number of hydrogen-bond acceptors (Lipinski definition) is 7. The van der Waals surface area contributed by atoms with Gasteiger partial charge in [0.15, 0.2) is 52.4 Å². The van der Waals surface area contributed by atoms with E-state index in [0.29, 0.717) is 107 Å². The van der Waals surface area contributed by atoms with Gasteiger partial charge >= 0.3 is 51.4 Å². The molecule has 25 heteroatoms. The van der Waals surface area contributed by atoms with Gasteiger partial charge in [0, 0.05) is 11.4 Å². The van der Waals surface area contributed by atoms with Gasteiger partial charge in [-0.15, -0.1) is 22.7 Å². The molecule has 2 aliphatic rings. The fraction of sp³-hybridized carbons (Fsp3) is 0.466. The minimum Gasteiger partial charge on any atom is -0.377 e. The Bertz CT molecular complexity index is 2720. The molecule has 0 bridgehead atoms. The first-order valence-electron chi connectivity index (χ1n) is 26.6. The third kappa shape index (κ3) is 15.0. The summed E-state index contributed by atoms with van der Waals surface area (Å²) >= 11 is 0. The summed E-state index contributed by atoms with van der Waals surface area (Å²) in [5, 5.41) is 0. The SMILES string of the molecule is C1COCCOCCOCCOCCOCCO1.CC(C)c1cccc(C(C)C)c1N1[C-]=[N+](c2c(C(C)C)cccc2C(C)C)C[C@@H]1C[B-](c1c(F)c(F)c(F)c(F)c1F)(c1c(F)c(F)c(F)c(F)c1F)c1c(F)c(F)c(F)c(F)c1F.[K+]. The predicted octanol–water partition coefficient (Wildman–Crippen LogP) is 8.98. The van der Waals surface area contributed by atoms with Crippen LogP contribution in [0.4, 0.5) is 77.2 Å². The summed E-state index contributed by atoms with van der Waals surface area (Å²) in [5.74, 6) is -46.7. The molecule has 0 amide bonds. The third-order valence-corrected chi connectivity index (χ3v) is 14.3. The van der Waals surface area contributed by atoms with Crippen LogP contribution in [0.15, 0.2) is 36.4 Å². The Kier molecular flexibility index (Phi) is 26.1. The van der Waals surface area contributed by atoms with Crippen molar-refractivity contribution in [3.8, 4) is 0 Å². The third-order valence-electron chi connectivity index (χ3n) is 14.3. The van der Waals surface area contributed by atoms with Crippen LogP contribution in [0.1, 0.15) is 101 Å². The molecule has 0 spiro atoms. The molecule has 2 heterocycles. The van der Waals surface area contributed by atoms with Gasteiger partial charge in [-0.25, -0.2) is 65.9 Å². The molecule has 5 aromatic carbocycles. The average molecular weight is 1220 g/mol. The summed E-state index contributed by atoms with van der Waals surface area (Å²) < 4.78 is 271. The van der Waals surface area contributed by atoms with Gasteiger partial charge in [0.1, 0.15) is 47.6 Å². The zero-order valence-corrected chi connectivity index (χ0v) is 50.5. The van der Waals surface area contributed by atoms with Crippen LogP contribution >= 0.6 is 0 Å². The van der Waals surface area contributed by atoms with Crippen LogP contribution in [0.5, 0.6) is 0 Å². The Labute approximate surface area is 514 Å². The Morgan fingerprint density at radius 1 is 0.398 bits per heavy atom. The zero-order chi connectivity index (χ0) is 60.5. The maximum Gasteiger partial charge on any atom is 1.00 e. The first-order valence-corrected chi connectivity index (χ1v) is 26.6. The van der Waals surface area contributed by atoms with Gasteiger partial charge in [-0.05, 0) is 23.7 Å². The van der Waals surface area contributed by atoms with Gasteiger partial charge < -0.3 is 37.9 Å². The molecule has 450 valence electrons. The molecule has 83 heavy (non-hydrogen) atoms. The number of hydrogen-bond donors (Lipinski definition) is 0. The molecule has 1 atom stereocenters. The van der Waals surface area contributed by atoms with E-state index >= 15 is 52.7 Å². The van der Waals surface area contributed by atoms with Crippen molar-refractivity contribution >= 4 is 40.2 Å². The maximum atomic E-state index is 16.7. The molecule has 0 unspecified atom stereocenters. The number of nitrogens with zero attached hydrogens (tertiary/aromatic N) is 2. The molecule has 0 saturated carbocycles. The smallest absolute Gasteiger partial charge is 0.377 e. The molecular weight excluding hydrogens is 1160 g/mol. The zero-order valence-electron chi connectivity index (χ0n) is 47.3. The Morgan fingerprint density at radius 3 is 0.867 bits per heavy atom. The Balaban J connectivity index is 0.000000567. The average Bonchev–Trinajstić information content (AvgIpc) is 1.40. The normalized spacial score (nSPS) is 16.5. The molecule has 2 aliphatic heterocycles. The number of rotatable bonds is 11. The molecule has 1 saturated heterocycles. The van der Waals surface area contributed by atoms with Crippen LogP contribution in [0.3, 0.4) is 0 Å². The largest absolute Gasteiger partial charge is 1.00 e. The molecular formula is C58H63BF15KN2O6. The van der Waals surface area contributed by atoms with Crippen molar-refractivity contribution in [1.29, 1.82) is 0 Å². The summed E-state index contributed by atoms with van der Waals surface area (Å²) in [7, 11) is 0. The van der Waals surface area contributed by atoms with E-state index in [9.17, 15) is 13.2 Å². The van der Waals surface area contributed by atoms with E-state index in [1.54, 1.807) is 64.1 Å². The second-order valence-corrected chi connectivity index (χ2v) is 20.8. The summed E-state index contributed by atoms with van der Waals surface area (Å²) in [5.41, 5.74) is -5.18. The van der Waals surface area contributed by atoms with Crippen molar-refractivity contribution in [2.24, 2.45) is 0 Å². The fourth-order valence-corrected chi connectivity index (χ4v) is 10.4. The quantitative estimate of drug-likeness (QED) is 0.0327. The standard InChI is InChI=1S/C46H39BF15N2.C12H24O6.K/c1-18(2)23-11-9-12-24(19(3)4)45(23)63-16-22(64(17-63)46-25(20(5)6)13-10-14-26(46)21(7)8)15-47(27-30(48)36(54)42(60)37(55)31(27)49,28-32(50)38(56)43(61)39(57)33(28)51)29-34(52)40(58)44(62)41(59)35(29)53;1-2-14-5-6-16-9-10-18-12-11-17-8-7-15-4-3-13-1;/h9-14,18-22H,15-16H2,1-8H3;1-12H2;/q-1;;+1/t22-;;/m0../s1. The van der Waals surface area contributed by atoms with E-state index < -0.39 is 141 Å². The van der Waals surface area contributed by atoms with E-state index in [1.165, 1.54) is 9.48 Å². The number of benzene rings is 5. The first kappa shape index (κ1) is 69.8. The van der Waals surface area contributed by atoms with Crippen LogP contribution in [0, 0.1) is 87.3 Å². The van der Waals surface area contributed by atoms with Gasteiger partial charge in [-0.1, -0.05) is 114 Å². The van der Waals surface area contributed by atoms with Crippen LogP contribution in [0.25, 0.3) is 0 Å². The predicted molar refractivity (Wildman–Crippen MR) is 278 cm³/mol. The molecule has 1 fully saturated rings. The summed E-state index contributed by atoms with van der Waals surface area (Å²) in [6, 6.07) is 8.14. The van der Waals surface area contributed by atoms with Crippen LogP contribution in [0.2, 0.25) is 6.32 Å². The minimum absolute atomic E-state index is 0. The maximum absolute atomic E-state index is 16.7. The first-order chi connectivity index (χ1) is 38.8. The van der Waals surface area contributed by atoms with Crippen molar-refractivity contribution < 1.29 is 150 Å². The van der Waals surface area contributed by atoms with Gasteiger partial charge in [0.25, 0.3) is 0 Å². The minimum atomic E-state index is -5.86. The summed E-state index contributed by atoms with van der Waals surface area (Å²) in [6.07, 6.45) is -4.62. The second kappa shape index (κ2) is 31.1. The Hall–Kier alpha value is -4.02. The monoisotopic (exact) mass is 1220 g/mol. The van der Waals surface area contributed by atoms with Crippen molar-refractivity contribution in [3.05, 3.63) is 146 Å². The molecule has 0 aromatic heterocycles. The molecule has 0 aliphatic carbocycles. The number of anilines is 1. The molecule has 7 rings (SSSR count).